The minimum Gasteiger partial charge on any atom is -0.369 e. The van der Waals surface area contributed by atoms with Crippen molar-refractivity contribution in [3.05, 3.63) is 29.3 Å². The predicted octanol–water partition coefficient (Wildman–Crippen LogP) is 1.77. The normalized spacial score (nSPS) is 19.0. The Hall–Kier alpha value is -1.06. The first-order valence-corrected chi connectivity index (χ1v) is 6.86. The summed E-state index contributed by atoms with van der Waals surface area (Å²) in [5, 5.41) is 0. The first-order chi connectivity index (χ1) is 8.56. The number of rotatable bonds is 3. The van der Waals surface area contributed by atoms with E-state index in [1.54, 1.807) is 0 Å². The van der Waals surface area contributed by atoms with Crippen molar-refractivity contribution in [2.75, 3.05) is 37.6 Å². The summed E-state index contributed by atoms with van der Waals surface area (Å²) in [6.07, 6.45) is 0. The van der Waals surface area contributed by atoms with Crippen LogP contribution >= 0.6 is 0 Å². The van der Waals surface area contributed by atoms with Gasteiger partial charge in [-0.1, -0.05) is 17.7 Å². The van der Waals surface area contributed by atoms with Crippen molar-refractivity contribution < 1.29 is 0 Å². The highest BCUT2D eigenvalue weighted by atomic mass is 15.3. The second kappa shape index (κ2) is 5.72. The summed E-state index contributed by atoms with van der Waals surface area (Å²) in [7, 11) is 0. The lowest BCUT2D eigenvalue weighted by molar-refractivity contribution is 0.246. The number of benzene rings is 1. The van der Waals surface area contributed by atoms with Crippen LogP contribution in [0.1, 0.15) is 18.1 Å². The molecular formula is C15H25N3. The predicted molar refractivity (Wildman–Crippen MR) is 78.2 cm³/mol. The summed E-state index contributed by atoms with van der Waals surface area (Å²) in [6, 6.07) is 7.00. The van der Waals surface area contributed by atoms with Crippen molar-refractivity contribution in [3.63, 3.8) is 0 Å². The fourth-order valence-electron chi connectivity index (χ4n) is 2.74. The van der Waals surface area contributed by atoms with Gasteiger partial charge in [0.25, 0.3) is 0 Å². The number of nitrogens with two attached hydrogens (primary N) is 1. The third kappa shape index (κ3) is 3.24. The lowest BCUT2D eigenvalue weighted by Gasteiger charge is -2.37. The summed E-state index contributed by atoms with van der Waals surface area (Å²) in [4.78, 5) is 4.96. The Labute approximate surface area is 111 Å². The molecule has 0 spiro atoms. The molecule has 3 nitrogen and oxygen atoms in total. The zero-order valence-electron chi connectivity index (χ0n) is 11.8. The van der Waals surface area contributed by atoms with E-state index >= 15 is 0 Å². The Balaban J connectivity index is 1.97. The van der Waals surface area contributed by atoms with Gasteiger partial charge in [-0.15, -0.1) is 0 Å². The highest BCUT2D eigenvalue weighted by Crippen LogP contribution is 2.22. The van der Waals surface area contributed by atoms with Gasteiger partial charge in [0.15, 0.2) is 0 Å². The molecule has 1 atom stereocenters. The van der Waals surface area contributed by atoms with Crippen LogP contribution in [0.2, 0.25) is 0 Å². The molecule has 0 saturated carbocycles. The average molecular weight is 247 g/mol. The van der Waals surface area contributed by atoms with Crippen LogP contribution in [0.3, 0.4) is 0 Å². The quantitative estimate of drug-likeness (QED) is 0.883. The number of hydrogen-bond donors (Lipinski definition) is 1. The van der Waals surface area contributed by atoms with Crippen molar-refractivity contribution in [2.24, 2.45) is 5.73 Å². The van der Waals surface area contributed by atoms with Crippen molar-refractivity contribution in [3.8, 4) is 0 Å². The molecular weight excluding hydrogens is 222 g/mol. The second-order valence-corrected chi connectivity index (χ2v) is 5.55. The van der Waals surface area contributed by atoms with Gasteiger partial charge in [-0.05, 0) is 32.4 Å². The highest BCUT2D eigenvalue weighted by molar-refractivity contribution is 5.54. The van der Waals surface area contributed by atoms with E-state index in [4.69, 9.17) is 5.73 Å². The van der Waals surface area contributed by atoms with Crippen LogP contribution in [-0.2, 0) is 0 Å². The molecule has 2 N–H and O–H groups in total. The lowest BCUT2D eigenvalue weighted by Crippen LogP contribution is -2.49. The summed E-state index contributed by atoms with van der Waals surface area (Å²) in [5.41, 5.74) is 9.97. The van der Waals surface area contributed by atoms with Crippen LogP contribution in [0.25, 0.3) is 0 Å². The zero-order chi connectivity index (χ0) is 13.1. The van der Waals surface area contributed by atoms with Crippen molar-refractivity contribution in [1.29, 1.82) is 0 Å². The molecule has 2 rings (SSSR count). The average Bonchev–Trinajstić information content (AvgIpc) is 2.30. The molecule has 1 aromatic rings. The Morgan fingerprint density at radius 1 is 1.17 bits per heavy atom. The van der Waals surface area contributed by atoms with Crippen LogP contribution in [0.4, 0.5) is 5.69 Å². The lowest BCUT2D eigenvalue weighted by atomic mass is 10.1. The molecule has 0 bridgehead atoms. The van der Waals surface area contributed by atoms with E-state index in [9.17, 15) is 0 Å². The molecule has 1 aliphatic heterocycles. The van der Waals surface area contributed by atoms with Crippen LogP contribution in [0.5, 0.6) is 0 Å². The fourth-order valence-corrected chi connectivity index (χ4v) is 2.74. The highest BCUT2D eigenvalue weighted by Gasteiger charge is 2.18. The smallest absolute Gasteiger partial charge is 0.0396 e. The van der Waals surface area contributed by atoms with E-state index in [-0.39, 0.29) is 6.04 Å². The van der Waals surface area contributed by atoms with E-state index in [0.717, 1.165) is 32.7 Å². The van der Waals surface area contributed by atoms with Gasteiger partial charge in [-0.25, -0.2) is 0 Å². The molecule has 1 heterocycles. The van der Waals surface area contributed by atoms with Gasteiger partial charge in [0, 0.05) is 44.5 Å². The Bertz CT molecular complexity index is 393. The minimum atomic E-state index is 0.276. The summed E-state index contributed by atoms with van der Waals surface area (Å²) in [6.45, 7) is 11.9. The largest absolute Gasteiger partial charge is 0.369 e. The molecule has 1 saturated heterocycles. The minimum absolute atomic E-state index is 0.276. The van der Waals surface area contributed by atoms with Gasteiger partial charge in [0.1, 0.15) is 0 Å². The van der Waals surface area contributed by atoms with E-state index in [2.05, 4.69) is 48.8 Å². The summed E-state index contributed by atoms with van der Waals surface area (Å²) < 4.78 is 0. The van der Waals surface area contributed by atoms with Gasteiger partial charge in [-0.3, -0.25) is 4.90 Å². The third-order valence-electron chi connectivity index (χ3n) is 3.61. The Morgan fingerprint density at radius 3 is 2.39 bits per heavy atom. The van der Waals surface area contributed by atoms with E-state index in [0.29, 0.717) is 0 Å². The molecule has 0 aromatic heterocycles. The maximum absolute atomic E-state index is 5.85. The first-order valence-electron chi connectivity index (χ1n) is 6.86. The van der Waals surface area contributed by atoms with Gasteiger partial charge < -0.3 is 10.6 Å². The van der Waals surface area contributed by atoms with Crippen LogP contribution in [0, 0.1) is 13.8 Å². The molecule has 0 radical (unpaired) electrons. The number of aryl methyl sites for hydroxylation is 2. The van der Waals surface area contributed by atoms with E-state index in [1.165, 1.54) is 16.8 Å². The van der Waals surface area contributed by atoms with Crippen molar-refractivity contribution in [1.82, 2.24) is 4.90 Å². The van der Waals surface area contributed by atoms with Gasteiger partial charge in [0.05, 0.1) is 0 Å². The standard InChI is InChI=1S/C15H25N3/c1-12-4-5-15(13(2)10-12)18-8-6-17(7-9-18)11-14(3)16/h4-5,10,14H,6-9,11,16H2,1-3H3/t14-/m1/s1. The molecule has 100 valence electrons. The Kier molecular flexibility index (Phi) is 4.25. The molecule has 3 heteroatoms. The van der Waals surface area contributed by atoms with Gasteiger partial charge in [-0.2, -0.15) is 0 Å². The van der Waals surface area contributed by atoms with E-state index < -0.39 is 0 Å². The number of hydrogen-bond acceptors (Lipinski definition) is 3. The third-order valence-corrected chi connectivity index (χ3v) is 3.61. The van der Waals surface area contributed by atoms with Crippen molar-refractivity contribution >= 4 is 5.69 Å². The van der Waals surface area contributed by atoms with Crippen LogP contribution < -0.4 is 10.6 Å². The SMILES string of the molecule is Cc1ccc(N2CCN(C[C@@H](C)N)CC2)c(C)c1. The number of nitrogens with zero attached hydrogens (tertiary/aromatic N) is 2. The van der Waals surface area contributed by atoms with Crippen LogP contribution in [0.15, 0.2) is 18.2 Å². The van der Waals surface area contributed by atoms with Gasteiger partial charge in [0.2, 0.25) is 0 Å². The molecule has 0 aliphatic carbocycles. The summed E-state index contributed by atoms with van der Waals surface area (Å²) >= 11 is 0. The van der Waals surface area contributed by atoms with E-state index in [1.807, 2.05) is 0 Å². The number of piperazine rings is 1. The number of anilines is 1. The fraction of sp³-hybridized carbons (Fsp3) is 0.600. The zero-order valence-corrected chi connectivity index (χ0v) is 11.8. The second-order valence-electron chi connectivity index (χ2n) is 5.55. The van der Waals surface area contributed by atoms with Crippen LogP contribution in [-0.4, -0.2) is 43.7 Å². The monoisotopic (exact) mass is 247 g/mol. The molecule has 0 unspecified atom stereocenters. The molecule has 1 aliphatic rings. The van der Waals surface area contributed by atoms with Crippen molar-refractivity contribution in [2.45, 2.75) is 26.8 Å². The maximum Gasteiger partial charge on any atom is 0.0396 e. The summed E-state index contributed by atoms with van der Waals surface area (Å²) in [5.74, 6) is 0. The maximum atomic E-state index is 5.85. The molecule has 1 aromatic carbocycles. The first kappa shape index (κ1) is 13.4. The molecule has 1 fully saturated rings. The topological polar surface area (TPSA) is 32.5 Å². The molecule has 0 amide bonds. The Morgan fingerprint density at radius 2 is 1.83 bits per heavy atom. The molecule has 18 heavy (non-hydrogen) atoms. The van der Waals surface area contributed by atoms with Gasteiger partial charge >= 0.3 is 0 Å².